The van der Waals surface area contributed by atoms with Crippen molar-refractivity contribution in [2.75, 3.05) is 4.90 Å². The number of rotatable bonds is 5. The molecule has 8 aromatic carbocycles. The monoisotopic (exact) mass is 775 g/mol. The number of para-hydroxylation sites is 2. The van der Waals surface area contributed by atoms with Crippen LogP contribution in [0.1, 0.15) is 55.6 Å². The molecule has 1 heteroatoms. The maximum Gasteiger partial charge on any atom is 0.0720 e. The lowest BCUT2D eigenvalue weighted by Gasteiger charge is -2.49. The maximum atomic E-state index is 2.57. The summed E-state index contributed by atoms with van der Waals surface area (Å²) >= 11 is 0. The molecule has 0 aromatic heterocycles. The van der Waals surface area contributed by atoms with Crippen molar-refractivity contribution in [3.05, 3.63) is 298 Å². The standard InChI is InChI=1S/C60H41N/c1-4-21-41(22-5-1)59(53-34-15-16-35-54(53)60(42-23-6-2-7-24-42)52-33-14-12-29-46(52)48-32-19-36-55(59)57(48)60)43-25-18-20-40(38-43)50-39-51-47-30-13-17-37-56(47)61(44-26-8-3-9-27-44)58(51)49-31-11-10-28-45(49)50/h1-39,49,58H. The number of allylic oxidation sites excluding steroid dienone is 5. The SMILES string of the molecule is C1=CC2=C(c3cccc(C4(c5ccccc5)c5ccccc5C5(c6ccccc6)c6ccccc6-c6cccc4c65)c3)C=C3c4ccccc4N(c4ccccc4)C3C2C=C1. The summed E-state index contributed by atoms with van der Waals surface area (Å²) in [6.07, 6.45) is 11.8. The number of nitrogens with zero attached hydrogens (tertiary/aromatic N) is 1. The van der Waals surface area contributed by atoms with Crippen molar-refractivity contribution < 1.29 is 0 Å². The number of anilines is 2. The van der Waals surface area contributed by atoms with Crippen molar-refractivity contribution in [3.63, 3.8) is 0 Å². The van der Waals surface area contributed by atoms with Gasteiger partial charge in [-0.3, -0.25) is 0 Å². The van der Waals surface area contributed by atoms with Gasteiger partial charge in [-0.15, -0.1) is 0 Å². The van der Waals surface area contributed by atoms with Crippen molar-refractivity contribution in [2.24, 2.45) is 5.92 Å². The molecule has 0 N–H and O–H groups in total. The highest BCUT2D eigenvalue weighted by Crippen LogP contribution is 2.66. The van der Waals surface area contributed by atoms with E-state index in [1.807, 2.05) is 0 Å². The molecule has 8 aromatic rings. The molecule has 13 rings (SSSR count). The van der Waals surface area contributed by atoms with Crippen molar-refractivity contribution in [3.8, 4) is 11.1 Å². The summed E-state index contributed by atoms with van der Waals surface area (Å²) in [6.45, 7) is 0. The quantitative estimate of drug-likeness (QED) is 0.168. The van der Waals surface area contributed by atoms with Crippen LogP contribution in [0.25, 0.3) is 22.3 Å². The molecule has 1 heterocycles. The van der Waals surface area contributed by atoms with Crippen molar-refractivity contribution in [2.45, 2.75) is 16.9 Å². The van der Waals surface area contributed by atoms with E-state index in [2.05, 4.69) is 242 Å². The minimum Gasteiger partial charge on any atom is -0.332 e. The van der Waals surface area contributed by atoms with Gasteiger partial charge in [0.05, 0.1) is 16.9 Å². The Morgan fingerprint density at radius 2 is 1.00 bits per heavy atom. The minimum absolute atomic E-state index is 0.156. The zero-order valence-electron chi connectivity index (χ0n) is 33.6. The minimum atomic E-state index is -0.610. The molecule has 0 radical (unpaired) electrons. The summed E-state index contributed by atoms with van der Waals surface area (Å²) in [4.78, 5) is 2.57. The molecule has 4 atom stereocenters. The van der Waals surface area contributed by atoms with E-state index in [1.165, 1.54) is 94.9 Å². The van der Waals surface area contributed by atoms with Crippen LogP contribution in [0.5, 0.6) is 0 Å². The molecule has 1 nitrogen and oxygen atoms in total. The average Bonchev–Trinajstić information content (AvgIpc) is 3.84. The molecular formula is C60H41N. The second-order valence-corrected chi connectivity index (χ2v) is 17.0. The molecule has 0 saturated carbocycles. The van der Waals surface area contributed by atoms with E-state index in [0.717, 1.165) is 0 Å². The van der Waals surface area contributed by atoms with E-state index in [0.29, 0.717) is 0 Å². The van der Waals surface area contributed by atoms with Gasteiger partial charge in [-0.2, -0.15) is 0 Å². The van der Waals surface area contributed by atoms with Crippen molar-refractivity contribution in [1.82, 2.24) is 0 Å². The van der Waals surface area contributed by atoms with Crippen molar-refractivity contribution in [1.29, 1.82) is 0 Å². The molecule has 5 aliphatic rings. The molecule has 1 aliphatic heterocycles. The van der Waals surface area contributed by atoms with Gasteiger partial charge in [0.25, 0.3) is 0 Å². The molecule has 0 fully saturated rings. The summed E-state index contributed by atoms with van der Waals surface area (Å²) < 4.78 is 0. The molecule has 286 valence electrons. The molecule has 61 heavy (non-hydrogen) atoms. The van der Waals surface area contributed by atoms with E-state index in [9.17, 15) is 0 Å². The second-order valence-electron chi connectivity index (χ2n) is 17.0. The summed E-state index contributed by atoms with van der Waals surface area (Å²) in [6, 6.07) is 77.8. The topological polar surface area (TPSA) is 3.24 Å². The maximum absolute atomic E-state index is 2.57. The van der Waals surface area contributed by atoms with Gasteiger partial charge in [0.2, 0.25) is 0 Å². The Hall–Kier alpha value is -7.48. The molecule has 0 spiro atoms. The molecule has 0 saturated heterocycles. The summed E-state index contributed by atoms with van der Waals surface area (Å²) in [5.74, 6) is 0.178. The predicted octanol–water partition coefficient (Wildman–Crippen LogP) is 13.9. The number of fused-ring (bicyclic) bond motifs is 10. The van der Waals surface area contributed by atoms with E-state index in [-0.39, 0.29) is 12.0 Å². The average molecular weight is 776 g/mol. The third kappa shape index (κ3) is 4.50. The predicted molar refractivity (Wildman–Crippen MR) is 251 cm³/mol. The van der Waals surface area contributed by atoms with Gasteiger partial charge in [-0.1, -0.05) is 206 Å². The van der Waals surface area contributed by atoms with E-state index < -0.39 is 10.8 Å². The first kappa shape index (κ1) is 34.4. The van der Waals surface area contributed by atoms with Crippen LogP contribution in [0, 0.1) is 5.92 Å². The van der Waals surface area contributed by atoms with Crippen LogP contribution >= 0.6 is 0 Å². The van der Waals surface area contributed by atoms with Gasteiger partial charge in [0.15, 0.2) is 0 Å². The first-order chi connectivity index (χ1) is 30.3. The number of hydrogen-bond donors (Lipinski definition) is 0. The Morgan fingerprint density at radius 1 is 0.426 bits per heavy atom. The molecule has 0 amide bonds. The first-order valence-electron chi connectivity index (χ1n) is 21.6. The molecule has 4 aliphatic carbocycles. The highest BCUT2D eigenvalue weighted by molar-refractivity contribution is 6.01. The van der Waals surface area contributed by atoms with Crippen LogP contribution in [-0.2, 0) is 10.8 Å². The normalized spacial score (nSPS) is 22.1. The van der Waals surface area contributed by atoms with E-state index >= 15 is 0 Å². The van der Waals surface area contributed by atoms with Crippen LogP contribution in [0.2, 0.25) is 0 Å². The van der Waals surface area contributed by atoms with Crippen LogP contribution in [0.4, 0.5) is 11.4 Å². The molecule has 0 bridgehead atoms. The van der Waals surface area contributed by atoms with Gasteiger partial charge in [0, 0.05) is 22.9 Å². The number of hydrogen-bond acceptors (Lipinski definition) is 1. The van der Waals surface area contributed by atoms with Crippen LogP contribution in [0.15, 0.2) is 242 Å². The highest BCUT2D eigenvalue weighted by Gasteiger charge is 2.57. The van der Waals surface area contributed by atoms with Gasteiger partial charge in [0.1, 0.15) is 0 Å². The highest BCUT2D eigenvalue weighted by atomic mass is 15.2. The Bertz CT molecular complexity index is 3200. The summed E-state index contributed by atoms with van der Waals surface area (Å²) in [7, 11) is 0. The lowest BCUT2D eigenvalue weighted by atomic mass is 9.51. The van der Waals surface area contributed by atoms with Gasteiger partial charge < -0.3 is 4.90 Å². The smallest absolute Gasteiger partial charge is 0.0720 e. The van der Waals surface area contributed by atoms with E-state index in [1.54, 1.807) is 0 Å². The third-order valence-corrected chi connectivity index (χ3v) is 14.3. The lowest BCUT2D eigenvalue weighted by Crippen LogP contribution is -2.44. The lowest BCUT2D eigenvalue weighted by molar-refractivity contribution is 0.626. The van der Waals surface area contributed by atoms with Crippen LogP contribution in [-0.4, -0.2) is 6.04 Å². The Balaban J connectivity index is 1.09. The fourth-order valence-corrected chi connectivity index (χ4v) is 12.1. The Kier molecular flexibility index (Phi) is 7.33. The zero-order chi connectivity index (χ0) is 40.1. The van der Waals surface area contributed by atoms with Gasteiger partial charge >= 0.3 is 0 Å². The van der Waals surface area contributed by atoms with Crippen molar-refractivity contribution >= 4 is 22.5 Å². The summed E-state index contributed by atoms with van der Waals surface area (Å²) in [5, 5.41) is 0. The van der Waals surface area contributed by atoms with Gasteiger partial charge in [-0.25, -0.2) is 0 Å². The van der Waals surface area contributed by atoms with Crippen LogP contribution in [0.3, 0.4) is 0 Å². The third-order valence-electron chi connectivity index (χ3n) is 14.3. The Labute approximate surface area is 357 Å². The Morgan fingerprint density at radius 3 is 1.77 bits per heavy atom. The second kappa shape index (κ2) is 13.0. The van der Waals surface area contributed by atoms with Crippen LogP contribution < -0.4 is 4.90 Å². The van der Waals surface area contributed by atoms with Gasteiger partial charge in [-0.05, 0) is 108 Å². The zero-order valence-corrected chi connectivity index (χ0v) is 33.6. The summed E-state index contributed by atoms with van der Waals surface area (Å²) in [5.41, 5.74) is 21.2. The van der Waals surface area contributed by atoms with E-state index in [4.69, 9.17) is 0 Å². The fourth-order valence-electron chi connectivity index (χ4n) is 12.1. The molecular weight excluding hydrogens is 735 g/mol. The number of benzene rings is 8. The first-order valence-corrected chi connectivity index (χ1v) is 21.6. The largest absolute Gasteiger partial charge is 0.332 e. The fraction of sp³-hybridized carbons (Fsp3) is 0.0667. The molecule has 4 unspecified atom stereocenters.